The summed E-state index contributed by atoms with van der Waals surface area (Å²) in [4.78, 5) is 50.2. The van der Waals surface area contributed by atoms with Crippen LogP contribution in [0.25, 0.3) is 0 Å². The fourth-order valence-corrected chi connectivity index (χ4v) is 3.59. The van der Waals surface area contributed by atoms with Crippen molar-refractivity contribution in [3.05, 3.63) is 0 Å². The van der Waals surface area contributed by atoms with E-state index in [1.807, 2.05) is 0 Å². The van der Waals surface area contributed by atoms with Crippen LogP contribution in [0.4, 0.5) is 4.79 Å². The van der Waals surface area contributed by atoms with Gasteiger partial charge in [0.05, 0.1) is 12.7 Å². The Morgan fingerprint density at radius 2 is 1.46 bits per heavy atom. The molecule has 0 rings (SSSR count). The quantitative estimate of drug-likeness (QED) is 0.138. The van der Waals surface area contributed by atoms with Crippen molar-refractivity contribution in [1.82, 2.24) is 10.6 Å². The number of thioether (sulfide) groups is 1. The van der Waals surface area contributed by atoms with Crippen LogP contribution in [0.5, 0.6) is 0 Å². The first-order chi connectivity index (χ1) is 16.7. The topological polar surface area (TPSA) is 160 Å². The van der Waals surface area contributed by atoms with E-state index in [4.69, 9.17) is 54.1 Å². The van der Waals surface area contributed by atoms with Gasteiger partial charge >= 0.3 is 18.0 Å². The average molecular weight is 612 g/mol. The van der Waals surface area contributed by atoms with Crippen LogP contribution in [0.15, 0.2) is 0 Å². The molecule has 0 fully saturated rings. The van der Waals surface area contributed by atoms with Gasteiger partial charge in [-0.15, -0.1) is 0 Å². The Morgan fingerprint density at radius 1 is 0.892 bits per heavy atom. The van der Waals surface area contributed by atoms with Gasteiger partial charge in [-0.3, -0.25) is 9.59 Å². The zero-order valence-corrected chi connectivity index (χ0v) is 24.9. The minimum absolute atomic E-state index is 0.0549. The second kappa shape index (κ2) is 16.0. The van der Waals surface area contributed by atoms with E-state index in [0.717, 1.165) is 11.8 Å². The van der Waals surface area contributed by atoms with Gasteiger partial charge in [0.1, 0.15) is 29.9 Å². The molecule has 0 heterocycles. The number of alkyl carbamates (subject to hydrolysis) is 1. The number of carbonyl (C=O) groups is 4. The lowest BCUT2D eigenvalue weighted by atomic mass is 10.1. The summed E-state index contributed by atoms with van der Waals surface area (Å²) < 4.78 is 13.6. The molecule has 0 aliphatic rings. The summed E-state index contributed by atoms with van der Waals surface area (Å²) in [5, 5.41) is 23.4. The highest BCUT2D eigenvalue weighted by Gasteiger charge is 2.32. The van der Waals surface area contributed by atoms with Crippen LogP contribution < -0.4 is 10.6 Å². The Kier molecular flexibility index (Phi) is 15.5. The maximum atomic E-state index is 13.1. The molecule has 0 aromatic carbocycles. The number of hydrogen-bond acceptors (Lipinski definition) is 10. The van der Waals surface area contributed by atoms with Gasteiger partial charge in [-0.25, -0.2) is 9.59 Å². The van der Waals surface area contributed by atoms with Crippen LogP contribution >= 0.6 is 46.6 Å². The maximum Gasteiger partial charge on any atom is 0.407 e. The van der Waals surface area contributed by atoms with Crippen LogP contribution in [-0.2, 0) is 28.6 Å². The minimum atomic E-state index is -1.88. The minimum Gasteiger partial charge on any atom is -0.460 e. The van der Waals surface area contributed by atoms with E-state index in [1.165, 1.54) is 0 Å². The number of halogens is 3. The predicted octanol–water partition coefficient (Wildman–Crippen LogP) is 2.49. The van der Waals surface area contributed by atoms with Crippen LogP contribution in [0.2, 0.25) is 0 Å². The summed E-state index contributed by atoms with van der Waals surface area (Å²) in [6.07, 6.45) is -2.44. The molecule has 0 spiro atoms. The van der Waals surface area contributed by atoms with Gasteiger partial charge in [0.15, 0.2) is 0 Å². The molecule has 3 atom stereocenters. The molecule has 2 amide bonds. The van der Waals surface area contributed by atoms with Crippen molar-refractivity contribution >= 4 is 70.5 Å². The Morgan fingerprint density at radius 3 is 1.95 bits per heavy atom. The molecule has 0 aromatic heterocycles. The third kappa shape index (κ3) is 19.5. The summed E-state index contributed by atoms with van der Waals surface area (Å²) in [5.41, 5.74) is -1.61. The lowest BCUT2D eigenvalue weighted by Crippen LogP contribution is -2.54. The molecule has 37 heavy (non-hydrogen) atoms. The fraction of sp³-hybridized carbons (Fsp3) is 0.818. The zero-order chi connectivity index (χ0) is 29.0. The van der Waals surface area contributed by atoms with Gasteiger partial charge in [-0.2, -0.15) is 11.8 Å². The normalized spacial score (nSPS) is 14.7. The zero-order valence-electron chi connectivity index (χ0n) is 21.8. The average Bonchev–Trinajstić information content (AvgIpc) is 2.71. The first-order valence-corrected chi connectivity index (χ1v) is 13.6. The van der Waals surface area contributed by atoms with Crippen LogP contribution in [-0.4, -0.2) is 92.1 Å². The highest BCUT2D eigenvalue weighted by atomic mass is 35.6. The largest absolute Gasteiger partial charge is 0.460 e. The monoisotopic (exact) mass is 610 g/mol. The predicted molar refractivity (Wildman–Crippen MR) is 142 cm³/mol. The number of carbonyl (C=O) groups excluding carboxylic acids is 4. The maximum absolute atomic E-state index is 13.1. The van der Waals surface area contributed by atoms with Crippen LogP contribution in [0.3, 0.4) is 0 Å². The summed E-state index contributed by atoms with van der Waals surface area (Å²) in [6, 6.07) is -2.50. The van der Waals surface area contributed by atoms with Gasteiger partial charge in [-0.1, -0.05) is 34.8 Å². The molecule has 0 saturated carbocycles. The second-order valence-electron chi connectivity index (χ2n) is 9.98. The van der Waals surface area contributed by atoms with Gasteiger partial charge in [-0.05, 0) is 48.0 Å². The lowest BCUT2D eigenvalue weighted by molar-refractivity contribution is -0.160. The Balaban J connectivity index is 5.56. The van der Waals surface area contributed by atoms with Gasteiger partial charge in [0, 0.05) is 17.9 Å². The molecule has 1 unspecified atom stereocenters. The number of hydrogen-bond donors (Lipinski definition) is 4. The van der Waals surface area contributed by atoms with Crippen molar-refractivity contribution in [1.29, 1.82) is 0 Å². The molecular weight excluding hydrogens is 575 g/mol. The van der Waals surface area contributed by atoms with Crippen molar-refractivity contribution in [3.63, 3.8) is 0 Å². The number of ether oxygens (including phenoxy) is 3. The first-order valence-electron chi connectivity index (χ1n) is 11.3. The Bertz CT molecular complexity index is 768. The molecule has 0 aliphatic carbocycles. The number of amides is 2. The standard InChI is InChI=1S/C22H37Cl3N2O9S/c1-20(2,3)35-16(30)8-7-14(18(32)36-21(4,5)6)26-17(31)15(11-37-10-13(29)9-28)27-19(33)34-12-22(23,24)25/h13-15,28-29H,7-12H2,1-6H3,(H,26,31)(H,27,33)/t13-,14-,15?/m1/s1. The number of esters is 2. The number of aliphatic hydroxyl groups is 2. The summed E-state index contributed by atoms with van der Waals surface area (Å²) in [6.45, 7) is 8.94. The molecule has 0 aliphatic heterocycles. The van der Waals surface area contributed by atoms with Crippen molar-refractivity contribution in [2.24, 2.45) is 0 Å². The number of rotatable bonds is 13. The molecule has 0 bridgehead atoms. The molecule has 0 radical (unpaired) electrons. The molecule has 15 heteroatoms. The Hall–Kier alpha value is -1.18. The summed E-state index contributed by atoms with van der Waals surface area (Å²) in [7, 11) is 0. The first kappa shape index (κ1) is 35.8. The smallest absolute Gasteiger partial charge is 0.407 e. The van der Waals surface area contributed by atoms with Gasteiger partial charge in [0.2, 0.25) is 9.70 Å². The fourth-order valence-electron chi connectivity index (χ4n) is 2.44. The lowest BCUT2D eigenvalue weighted by Gasteiger charge is -2.26. The van der Waals surface area contributed by atoms with Crippen molar-refractivity contribution in [2.75, 3.05) is 24.7 Å². The van der Waals surface area contributed by atoms with Crippen LogP contribution in [0, 0.1) is 0 Å². The summed E-state index contributed by atoms with van der Waals surface area (Å²) >= 11 is 17.8. The third-order valence-electron chi connectivity index (χ3n) is 3.85. The molecule has 216 valence electrons. The van der Waals surface area contributed by atoms with E-state index < -0.39 is 70.3 Å². The van der Waals surface area contributed by atoms with E-state index in [1.54, 1.807) is 41.5 Å². The molecule has 0 saturated heterocycles. The SMILES string of the molecule is CC(C)(C)OC(=O)CC[C@@H](NC(=O)C(CSC[C@H](O)CO)NC(=O)OCC(Cl)(Cl)Cl)C(=O)OC(C)(C)C. The molecule has 4 N–H and O–H groups in total. The van der Waals surface area contributed by atoms with E-state index in [0.29, 0.717) is 0 Å². The van der Waals surface area contributed by atoms with Crippen LogP contribution in [0.1, 0.15) is 54.4 Å². The molecule has 11 nitrogen and oxygen atoms in total. The van der Waals surface area contributed by atoms with E-state index in [-0.39, 0.29) is 24.3 Å². The molecule has 0 aromatic rings. The number of nitrogens with one attached hydrogen (secondary N) is 2. The van der Waals surface area contributed by atoms with E-state index in [9.17, 15) is 24.3 Å². The van der Waals surface area contributed by atoms with Crippen molar-refractivity contribution in [3.8, 4) is 0 Å². The number of aliphatic hydroxyl groups excluding tert-OH is 2. The van der Waals surface area contributed by atoms with Crippen molar-refractivity contribution < 1.29 is 43.6 Å². The van der Waals surface area contributed by atoms with Gasteiger partial charge < -0.3 is 35.1 Å². The highest BCUT2D eigenvalue weighted by Crippen LogP contribution is 2.26. The third-order valence-corrected chi connectivity index (χ3v) is 5.36. The van der Waals surface area contributed by atoms with E-state index >= 15 is 0 Å². The Labute approximate surface area is 236 Å². The number of alkyl halides is 3. The van der Waals surface area contributed by atoms with Gasteiger partial charge in [0.25, 0.3) is 0 Å². The highest BCUT2D eigenvalue weighted by molar-refractivity contribution is 7.99. The van der Waals surface area contributed by atoms with Crippen molar-refractivity contribution in [2.45, 2.75) is 87.6 Å². The second-order valence-corrected chi connectivity index (χ2v) is 13.6. The summed E-state index contributed by atoms with van der Waals surface area (Å²) in [5.74, 6) is -2.17. The molecular formula is C22H37Cl3N2O9S. The van der Waals surface area contributed by atoms with E-state index in [2.05, 4.69) is 10.6 Å².